The van der Waals surface area contributed by atoms with Crippen LogP contribution in [0.5, 0.6) is 0 Å². The molecule has 3 aromatic rings. The molecule has 3 heterocycles. The minimum atomic E-state index is -3.53. The first-order valence-corrected chi connectivity index (χ1v) is 12.0. The van der Waals surface area contributed by atoms with E-state index in [-0.39, 0.29) is 16.8 Å². The number of fused-ring (bicyclic) bond motifs is 1. The van der Waals surface area contributed by atoms with Crippen molar-refractivity contribution >= 4 is 27.0 Å². The summed E-state index contributed by atoms with van der Waals surface area (Å²) in [7, 11) is -0.510. The second-order valence-electron chi connectivity index (χ2n) is 7.93. The quantitative estimate of drug-likeness (QED) is 0.602. The molecule has 1 aliphatic heterocycles. The Balaban J connectivity index is 1.55. The van der Waals surface area contributed by atoms with Crippen LogP contribution in [0.4, 0.5) is 0 Å². The first-order valence-electron chi connectivity index (χ1n) is 10.5. The number of aryl methyl sites for hydroxylation is 2. The third-order valence-corrected chi connectivity index (χ3v) is 7.68. The standard InChI is InChI=1S/C21H28N6O3S/c1-4-26-17-8-7-15(31(29,30)25(2)3)14-16(17)24-19(26)9-10-20(28)27-13-5-6-18(27)21-22-11-12-23-21/h7-8,11-12,14,18H,4-6,9-10,13H2,1-3H3,(H,22,23)/t18-/m1/s1. The Kier molecular flexibility index (Phi) is 5.85. The second kappa shape index (κ2) is 8.43. The Morgan fingerprint density at radius 2 is 2.13 bits per heavy atom. The number of likely N-dealkylation sites (tertiary alicyclic amines) is 1. The van der Waals surface area contributed by atoms with Gasteiger partial charge in [-0.25, -0.2) is 22.7 Å². The van der Waals surface area contributed by atoms with Gasteiger partial charge in [0.1, 0.15) is 11.6 Å². The highest BCUT2D eigenvalue weighted by Crippen LogP contribution is 2.30. The topological polar surface area (TPSA) is 104 Å². The van der Waals surface area contributed by atoms with Crippen molar-refractivity contribution in [1.29, 1.82) is 0 Å². The fourth-order valence-corrected chi connectivity index (χ4v) is 5.17. The minimum Gasteiger partial charge on any atom is -0.347 e. The maximum absolute atomic E-state index is 13.0. The van der Waals surface area contributed by atoms with Gasteiger partial charge in [-0.05, 0) is 38.0 Å². The average Bonchev–Trinajstić information content (AvgIpc) is 3.49. The van der Waals surface area contributed by atoms with Gasteiger partial charge in [0.15, 0.2) is 0 Å². The number of carbonyl (C=O) groups is 1. The predicted octanol–water partition coefficient (Wildman–Crippen LogP) is 2.33. The first kappa shape index (κ1) is 21.5. The van der Waals surface area contributed by atoms with Gasteiger partial charge in [0.05, 0.1) is 22.0 Å². The molecule has 0 saturated carbocycles. The van der Waals surface area contributed by atoms with Gasteiger partial charge in [-0.1, -0.05) is 0 Å². The molecule has 0 unspecified atom stereocenters. The lowest BCUT2D eigenvalue weighted by Gasteiger charge is -2.23. The molecule has 0 spiro atoms. The maximum Gasteiger partial charge on any atom is 0.242 e. The molecule has 0 radical (unpaired) electrons. The summed E-state index contributed by atoms with van der Waals surface area (Å²) in [6.07, 6.45) is 6.22. The lowest BCUT2D eigenvalue weighted by atomic mass is 10.2. The van der Waals surface area contributed by atoms with Crippen molar-refractivity contribution in [1.82, 2.24) is 28.7 Å². The highest BCUT2D eigenvalue weighted by Gasteiger charge is 2.31. The van der Waals surface area contributed by atoms with E-state index < -0.39 is 10.0 Å². The summed E-state index contributed by atoms with van der Waals surface area (Å²) in [5.41, 5.74) is 1.50. The molecular formula is C21H28N6O3S. The molecule has 1 atom stereocenters. The predicted molar refractivity (Wildman–Crippen MR) is 117 cm³/mol. The van der Waals surface area contributed by atoms with E-state index in [1.54, 1.807) is 30.6 Å². The van der Waals surface area contributed by atoms with Crippen LogP contribution < -0.4 is 0 Å². The third-order valence-electron chi connectivity index (χ3n) is 5.86. The normalized spacial score (nSPS) is 17.2. The van der Waals surface area contributed by atoms with Crippen LogP contribution in [0, 0.1) is 0 Å². The van der Waals surface area contributed by atoms with Gasteiger partial charge in [-0.2, -0.15) is 0 Å². The minimum absolute atomic E-state index is 0.00582. The van der Waals surface area contributed by atoms with Gasteiger partial charge in [0.25, 0.3) is 0 Å². The lowest BCUT2D eigenvalue weighted by Crippen LogP contribution is -2.31. The molecular weight excluding hydrogens is 416 g/mol. The van der Waals surface area contributed by atoms with Crippen LogP contribution in [0.25, 0.3) is 11.0 Å². The smallest absolute Gasteiger partial charge is 0.242 e. The van der Waals surface area contributed by atoms with Crippen LogP contribution in [0.1, 0.15) is 43.9 Å². The molecule has 1 N–H and O–H groups in total. The number of sulfonamides is 1. The van der Waals surface area contributed by atoms with Crippen LogP contribution in [-0.2, 0) is 27.8 Å². The zero-order chi connectivity index (χ0) is 22.2. The highest BCUT2D eigenvalue weighted by atomic mass is 32.2. The van der Waals surface area contributed by atoms with E-state index in [9.17, 15) is 13.2 Å². The van der Waals surface area contributed by atoms with E-state index in [1.165, 1.54) is 18.4 Å². The first-order chi connectivity index (χ1) is 14.8. The number of amides is 1. The van der Waals surface area contributed by atoms with Crippen molar-refractivity contribution in [2.75, 3.05) is 20.6 Å². The average molecular weight is 445 g/mol. The Morgan fingerprint density at radius 1 is 1.32 bits per heavy atom. The van der Waals surface area contributed by atoms with Crippen molar-refractivity contribution in [2.24, 2.45) is 0 Å². The highest BCUT2D eigenvalue weighted by molar-refractivity contribution is 7.89. The molecule has 0 aliphatic carbocycles. The largest absolute Gasteiger partial charge is 0.347 e. The van der Waals surface area contributed by atoms with Crippen LogP contribution in [0.2, 0.25) is 0 Å². The Hall–Kier alpha value is -2.72. The Labute approximate surface area is 182 Å². The number of hydrogen-bond acceptors (Lipinski definition) is 5. The summed E-state index contributed by atoms with van der Waals surface area (Å²) < 4.78 is 28.2. The summed E-state index contributed by atoms with van der Waals surface area (Å²) >= 11 is 0. The zero-order valence-electron chi connectivity index (χ0n) is 18.1. The van der Waals surface area contributed by atoms with E-state index in [0.717, 1.165) is 36.6 Å². The number of hydrogen-bond donors (Lipinski definition) is 1. The van der Waals surface area contributed by atoms with Crippen molar-refractivity contribution in [2.45, 2.75) is 50.1 Å². The maximum atomic E-state index is 13.0. The van der Waals surface area contributed by atoms with E-state index in [0.29, 0.717) is 24.9 Å². The molecule has 166 valence electrons. The van der Waals surface area contributed by atoms with Crippen LogP contribution >= 0.6 is 0 Å². The number of H-pyrrole nitrogens is 1. The molecule has 1 fully saturated rings. The molecule has 0 bridgehead atoms. The second-order valence-corrected chi connectivity index (χ2v) is 10.1. The van der Waals surface area contributed by atoms with Gasteiger partial charge < -0.3 is 14.5 Å². The summed E-state index contributed by atoms with van der Waals surface area (Å²) in [4.78, 5) is 27.2. The van der Waals surface area contributed by atoms with E-state index in [4.69, 9.17) is 0 Å². The number of nitrogens with one attached hydrogen (secondary N) is 1. The van der Waals surface area contributed by atoms with Crippen molar-refractivity contribution in [3.05, 3.63) is 42.2 Å². The van der Waals surface area contributed by atoms with Crippen molar-refractivity contribution < 1.29 is 13.2 Å². The third kappa shape index (κ3) is 3.97. The summed E-state index contributed by atoms with van der Waals surface area (Å²) in [5, 5.41) is 0. The summed E-state index contributed by atoms with van der Waals surface area (Å²) in [5.74, 6) is 1.71. The fourth-order valence-electron chi connectivity index (χ4n) is 4.25. The molecule has 4 rings (SSSR count). The zero-order valence-corrected chi connectivity index (χ0v) is 18.9. The van der Waals surface area contributed by atoms with Crippen LogP contribution in [0.3, 0.4) is 0 Å². The van der Waals surface area contributed by atoms with E-state index >= 15 is 0 Å². The molecule has 10 heteroatoms. The van der Waals surface area contributed by atoms with E-state index in [1.807, 2.05) is 16.4 Å². The van der Waals surface area contributed by atoms with Gasteiger partial charge in [-0.3, -0.25) is 4.79 Å². The Bertz CT molecular complexity index is 1180. The number of aromatic amines is 1. The van der Waals surface area contributed by atoms with Gasteiger partial charge in [0.2, 0.25) is 15.9 Å². The molecule has 31 heavy (non-hydrogen) atoms. The van der Waals surface area contributed by atoms with Crippen molar-refractivity contribution in [3.8, 4) is 0 Å². The van der Waals surface area contributed by atoms with E-state index in [2.05, 4.69) is 15.0 Å². The SMILES string of the molecule is CCn1c(CCC(=O)N2CCC[C@@H]2c2ncc[nH]2)nc2cc(S(=O)(=O)N(C)C)ccc21. The number of imidazole rings is 2. The molecule has 1 saturated heterocycles. The molecule has 1 amide bonds. The van der Waals surface area contributed by atoms with Gasteiger partial charge >= 0.3 is 0 Å². The fraction of sp³-hybridized carbons (Fsp3) is 0.476. The molecule has 9 nitrogen and oxygen atoms in total. The number of benzene rings is 1. The van der Waals surface area contributed by atoms with Crippen LogP contribution in [-0.4, -0.2) is 63.7 Å². The van der Waals surface area contributed by atoms with Crippen LogP contribution in [0.15, 0.2) is 35.5 Å². The summed E-state index contributed by atoms with van der Waals surface area (Å²) in [6, 6.07) is 5.01. The monoisotopic (exact) mass is 444 g/mol. The number of nitrogens with zero attached hydrogens (tertiary/aromatic N) is 5. The number of aromatic nitrogens is 4. The molecule has 2 aromatic heterocycles. The molecule has 1 aliphatic rings. The van der Waals surface area contributed by atoms with Gasteiger partial charge in [0, 0.05) is 52.4 Å². The number of rotatable bonds is 7. The molecule has 1 aromatic carbocycles. The lowest BCUT2D eigenvalue weighted by molar-refractivity contribution is -0.132. The Morgan fingerprint density at radius 3 is 2.81 bits per heavy atom. The number of carbonyl (C=O) groups excluding carboxylic acids is 1. The summed E-state index contributed by atoms with van der Waals surface area (Å²) in [6.45, 7) is 3.45. The van der Waals surface area contributed by atoms with Crippen molar-refractivity contribution in [3.63, 3.8) is 0 Å². The van der Waals surface area contributed by atoms with Gasteiger partial charge in [-0.15, -0.1) is 0 Å².